The molecular formula is C9H13NOS. The summed E-state index contributed by atoms with van der Waals surface area (Å²) in [5.41, 5.74) is 0. The van der Waals surface area contributed by atoms with Crippen molar-refractivity contribution in [1.29, 1.82) is 0 Å². The van der Waals surface area contributed by atoms with Gasteiger partial charge in [-0.1, -0.05) is 6.07 Å². The maximum Gasteiger partial charge on any atom is 0.113 e. The molecule has 66 valence electrons. The van der Waals surface area contributed by atoms with Crippen LogP contribution in [0.1, 0.15) is 11.8 Å². The van der Waals surface area contributed by atoms with Gasteiger partial charge in [-0.3, -0.25) is 5.32 Å². The average molecular weight is 183 g/mol. The van der Waals surface area contributed by atoms with Crippen molar-refractivity contribution in [2.75, 3.05) is 6.54 Å². The summed E-state index contributed by atoms with van der Waals surface area (Å²) in [6, 6.07) is 4.23. The fourth-order valence-electron chi connectivity index (χ4n) is 1.41. The van der Waals surface area contributed by atoms with E-state index in [1.165, 1.54) is 4.88 Å². The summed E-state index contributed by atoms with van der Waals surface area (Å²) in [5.74, 6) is 0. The molecule has 0 aliphatic carbocycles. The van der Waals surface area contributed by atoms with Crippen LogP contribution in [0.4, 0.5) is 0 Å². The number of nitrogens with one attached hydrogen (secondary N) is 1. The standard InChI is InChI=1S/C9H13NOS/c1-7-6-10-9(11-7)5-8-3-2-4-12-8/h2-4,7,9-10H,5-6H2,1H3. The van der Waals surface area contributed by atoms with Crippen molar-refractivity contribution in [3.63, 3.8) is 0 Å². The van der Waals surface area contributed by atoms with Gasteiger partial charge < -0.3 is 4.74 Å². The minimum atomic E-state index is 0.235. The summed E-state index contributed by atoms with van der Waals surface area (Å²) >= 11 is 1.79. The third-order valence-electron chi connectivity index (χ3n) is 2.00. The van der Waals surface area contributed by atoms with Crippen molar-refractivity contribution < 1.29 is 4.74 Å². The summed E-state index contributed by atoms with van der Waals surface area (Å²) in [4.78, 5) is 1.39. The van der Waals surface area contributed by atoms with Crippen LogP contribution in [-0.4, -0.2) is 18.9 Å². The molecule has 2 heterocycles. The van der Waals surface area contributed by atoms with Gasteiger partial charge in [-0.05, 0) is 18.4 Å². The summed E-state index contributed by atoms with van der Waals surface area (Å²) in [6.45, 7) is 3.08. The van der Waals surface area contributed by atoms with E-state index in [-0.39, 0.29) is 6.23 Å². The predicted octanol–water partition coefficient (Wildman–Crippen LogP) is 1.62. The highest BCUT2D eigenvalue weighted by Gasteiger charge is 2.20. The van der Waals surface area contributed by atoms with Gasteiger partial charge >= 0.3 is 0 Å². The number of hydrogen-bond donors (Lipinski definition) is 1. The van der Waals surface area contributed by atoms with Crippen LogP contribution in [0.15, 0.2) is 17.5 Å². The molecule has 1 aliphatic heterocycles. The lowest BCUT2D eigenvalue weighted by Crippen LogP contribution is -2.24. The highest BCUT2D eigenvalue weighted by atomic mass is 32.1. The molecule has 1 aromatic heterocycles. The van der Waals surface area contributed by atoms with Crippen LogP contribution in [0, 0.1) is 0 Å². The molecule has 0 bridgehead atoms. The summed E-state index contributed by atoms with van der Waals surface area (Å²) in [6.07, 6.45) is 1.61. The minimum Gasteiger partial charge on any atom is -0.359 e. The number of rotatable bonds is 2. The Balaban J connectivity index is 1.88. The number of hydrogen-bond acceptors (Lipinski definition) is 3. The first-order valence-electron chi connectivity index (χ1n) is 4.26. The van der Waals surface area contributed by atoms with Gasteiger partial charge in [-0.15, -0.1) is 11.3 Å². The molecule has 3 heteroatoms. The quantitative estimate of drug-likeness (QED) is 0.752. The smallest absolute Gasteiger partial charge is 0.113 e. The zero-order valence-electron chi connectivity index (χ0n) is 7.12. The molecule has 12 heavy (non-hydrogen) atoms. The van der Waals surface area contributed by atoms with Gasteiger partial charge in [-0.25, -0.2) is 0 Å². The van der Waals surface area contributed by atoms with Gasteiger partial charge in [-0.2, -0.15) is 0 Å². The molecule has 1 aromatic rings. The maximum atomic E-state index is 5.63. The van der Waals surface area contributed by atoms with Crippen LogP contribution in [0.5, 0.6) is 0 Å². The third-order valence-corrected chi connectivity index (χ3v) is 2.89. The fraction of sp³-hybridized carbons (Fsp3) is 0.556. The van der Waals surface area contributed by atoms with E-state index in [0.29, 0.717) is 6.10 Å². The van der Waals surface area contributed by atoms with E-state index in [4.69, 9.17) is 4.74 Å². The molecule has 1 saturated heterocycles. The third kappa shape index (κ3) is 1.86. The maximum absolute atomic E-state index is 5.63. The van der Waals surface area contributed by atoms with Gasteiger partial charge in [0.2, 0.25) is 0 Å². The van der Waals surface area contributed by atoms with Crippen LogP contribution in [0.25, 0.3) is 0 Å². The molecule has 0 radical (unpaired) electrons. The minimum absolute atomic E-state index is 0.235. The molecule has 2 nitrogen and oxygen atoms in total. The van der Waals surface area contributed by atoms with Crippen LogP contribution in [0.2, 0.25) is 0 Å². The monoisotopic (exact) mass is 183 g/mol. The van der Waals surface area contributed by atoms with Crippen molar-refractivity contribution >= 4 is 11.3 Å². The number of ether oxygens (including phenoxy) is 1. The largest absolute Gasteiger partial charge is 0.359 e. The summed E-state index contributed by atoms with van der Waals surface area (Å²) < 4.78 is 5.63. The fourth-order valence-corrected chi connectivity index (χ4v) is 2.14. The second-order valence-corrected chi connectivity index (χ2v) is 4.16. The highest BCUT2D eigenvalue weighted by molar-refractivity contribution is 7.09. The lowest BCUT2D eigenvalue weighted by molar-refractivity contribution is 0.0525. The summed E-state index contributed by atoms with van der Waals surface area (Å²) in [7, 11) is 0. The van der Waals surface area contributed by atoms with E-state index in [0.717, 1.165) is 13.0 Å². The Hall–Kier alpha value is -0.380. The van der Waals surface area contributed by atoms with Crippen molar-refractivity contribution in [2.45, 2.75) is 25.7 Å². The molecule has 0 aromatic carbocycles. The molecule has 1 aliphatic rings. The highest BCUT2D eigenvalue weighted by Crippen LogP contribution is 2.14. The van der Waals surface area contributed by atoms with E-state index < -0.39 is 0 Å². The zero-order valence-corrected chi connectivity index (χ0v) is 7.93. The second-order valence-electron chi connectivity index (χ2n) is 3.13. The molecule has 2 rings (SSSR count). The van der Waals surface area contributed by atoms with Gasteiger partial charge in [0.15, 0.2) is 0 Å². The average Bonchev–Trinajstić information content (AvgIpc) is 2.63. The normalized spacial score (nSPS) is 29.4. The topological polar surface area (TPSA) is 21.3 Å². The van der Waals surface area contributed by atoms with Crippen molar-refractivity contribution in [3.8, 4) is 0 Å². The Morgan fingerprint density at radius 1 is 1.75 bits per heavy atom. The molecule has 2 atom stereocenters. The predicted molar refractivity (Wildman–Crippen MR) is 50.4 cm³/mol. The Kier molecular flexibility index (Phi) is 2.44. The Morgan fingerprint density at radius 3 is 3.25 bits per heavy atom. The first-order valence-corrected chi connectivity index (χ1v) is 5.14. The molecule has 0 amide bonds. The second kappa shape index (κ2) is 3.56. The molecule has 1 N–H and O–H groups in total. The van der Waals surface area contributed by atoms with E-state index >= 15 is 0 Å². The zero-order chi connectivity index (χ0) is 8.39. The van der Waals surface area contributed by atoms with Crippen molar-refractivity contribution in [3.05, 3.63) is 22.4 Å². The van der Waals surface area contributed by atoms with Gasteiger partial charge in [0, 0.05) is 17.8 Å². The molecular weight excluding hydrogens is 170 g/mol. The van der Waals surface area contributed by atoms with Gasteiger partial charge in [0.25, 0.3) is 0 Å². The van der Waals surface area contributed by atoms with Gasteiger partial charge in [0.1, 0.15) is 6.23 Å². The van der Waals surface area contributed by atoms with E-state index in [1.54, 1.807) is 11.3 Å². The summed E-state index contributed by atoms with van der Waals surface area (Å²) in [5, 5.41) is 5.43. The van der Waals surface area contributed by atoms with Crippen LogP contribution >= 0.6 is 11.3 Å². The lowest BCUT2D eigenvalue weighted by Gasteiger charge is -2.08. The molecule has 0 saturated carbocycles. The van der Waals surface area contributed by atoms with Crippen LogP contribution in [-0.2, 0) is 11.2 Å². The van der Waals surface area contributed by atoms with E-state index in [1.807, 2.05) is 0 Å². The van der Waals surface area contributed by atoms with Crippen LogP contribution in [0.3, 0.4) is 0 Å². The Morgan fingerprint density at radius 2 is 2.67 bits per heavy atom. The van der Waals surface area contributed by atoms with Crippen molar-refractivity contribution in [1.82, 2.24) is 5.32 Å². The number of thiophene rings is 1. The SMILES string of the molecule is CC1CNC(Cc2cccs2)O1. The Bertz CT molecular complexity index is 235. The first kappa shape index (κ1) is 8.23. The molecule has 1 fully saturated rings. The van der Waals surface area contributed by atoms with E-state index in [9.17, 15) is 0 Å². The van der Waals surface area contributed by atoms with Gasteiger partial charge in [0.05, 0.1) is 6.10 Å². The molecule has 0 spiro atoms. The molecule has 2 unspecified atom stereocenters. The first-order chi connectivity index (χ1) is 5.84. The van der Waals surface area contributed by atoms with Crippen LogP contribution < -0.4 is 5.32 Å². The van der Waals surface area contributed by atoms with Crippen molar-refractivity contribution in [2.24, 2.45) is 0 Å². The lowest BCUT2D eigenvalue weighted by atomic mass is 10.3. The van der Waals surface area contributed by atoms with E-state index in [2.05, 4.69) is 29.8 Å². The Labute approximate surface area is 76.6 Å².